The smallest absolute Gasteiger partial charge is 0.416 e. The summed E-state index contributed by atoms with van der Waals surface area (Å²) in [5.74, 6) is 0.439. The van der Waals surface area contributed by atoms with Gasteiger partial charge in [-0.15, -0.1) is 0 Å². The Kier molecular flexibility index (Phi) is 7.46. The number of piperazine rings is 1. The molecule has 202 valence electrons. The third kappa shape index (κ3) is 5.69. The molecule has 1 aliphatic rings. The molecule has 0 N–H and O–H groups in total. The van der Waals surface area contributed by atoms with E-state index in [-0.39, 0.29) is 5.91 Å². The Morgan fingerprint density at radius 2 is 1.59 bits per heavy atom. The zero-order chi connectivity index (χ0) is 27.7. The van der Waals surface area contributed by atoms with Gasteiger partial charge in [-0.25, -0.2) is 4.68 Å². The van der Waals surface area contributed by atoms with Crippen molar-refractivity contribution in [2.75, 3.05) is 38.2 Å². The number of halogens is 5. The largest absolute Gasteiger partial charge is 0.497 e. The molecule has 1 aliphatic heterocycles. The van der Waals surface area contributed by atoms with Gasteiger partial charge >= 0.3 is 6.18 Å². The van der Waals surface area contributed by atoms with E-state index in [2.05, 4.69) is 0 Å². The average Bonchev–Trinajstić information content (AvgIpc) is 3.39. The van der Waals surface area contributed by atoms with Crippen molar-refractivity contribution in [1.82, 2.24) is 14.7 Å². The normalized spacial score (nSPS) is 14.0. The van der Waals surface area contributed by atoms with Gasteiger partial charge in [0.15, 0.2) is 0 Å². The monoisotopic (exact) mass is 574 g/mol. The predicted molar refractivity (Wildman–Crippen MR) is 145 cm³/mol. The second kappa shape index (κ2) is 10.8. The van der Waals surface area contributed by atoms with Crippen LogP contribution < -0.4 is 9.64 Å². The van der Waals surface area contributed by atoms with E-state index in [4.69, 9.17) is 33.0 Å². The number of amides is 1. The van der Waals surface area contributed by atoms with Crippen molar-refractivity contribution in [1.29, 1.82) is 0 Å². The average molecular weight is 575 g/mol. The lowest BCUT2D eigenvalue weighted by atomic mass is 10.1. The summed E-state index contributed by atoms with van der Waals surface area (Å²) in [6.45, 7) is 1.44. The molecule has 4 aromatic rings. The van der Waals surface area contributed by atoms with Gasteiger partial charge in [0, 0.05) is 37.4 Å². The number of alkyl halides is 3. The van der Waals surface area contributed by atoms with Gasteiger partial charge in [-0.05, 0) is 66.7 Å². The van der Waals surface area contributed by atoms with Crippen LogP contribution in [0.4, 0.5) is 18.9 Å². The fraction of sp³-hybridized carbons (Fsp3) is 0.214. The number of carbonyl (C=O) groups is 1. The van der Waals surface area contributed by atoms with Gasteiger partial charge in [0.25, 0.3) is 5.91 Å². The number of anilines is 1. The molecule has 1 saturated heterocycles. The molecule has 11 heteroatoms. The molecule has 2 heterocycles. The van der Waals surface area contributed by atoms with Crippen LogP contribution in [0.1, 0.15) is 16.1 Å². The molecular formula is C28H23Cl2F3N4O2. The van der Waals surface area contributed by atoms with Crippen LogP contribution in [0, 0.1) is 0 Å². The lowest BCUT2D eigenvalue weighted by Crippen LogP contribution is -2.49. The molecule has 6 nitrogen and oxygen atoms in total. The lowest BCUT2D eigenvalue weighted by molar-refractivity contribution is -0.137. The second-order valence-electron chi connectivity index (χ2n) is 8.98. The first-order chi connectivity index (χ1) is 18.6. The van der Waals surface area contributed by atoms with Crippen molar-refractivity contribution in [3.05, 3.63) is 94.1 Å². The zero-order valence-electron chi connectivity index (χ0n) is 20.8. The predicted octanol–water partition coefficient (Wildman–Crippen LogP) is 6.84. The summed E-state index contributed by atoms with van der Waals surface area (Å²) in [4.78, 5) is 17.3. The van der Waals surface area contributed by atoms with Crippen LogP contribution >= 0.6 is 23.2 Å². The second-order valence-corrected chi connectivity index (χ2v) is 9.80. The quantitative estimate of drug-likeness (QED) is 0.262. The highest BCUT2D eigenvalue weighted by Crippen LogP contribution is 2.32. The maximum Gasteiger partial charge on any atom is 0.416 e. The maximum absolute atomic E-state index is 13.7. The van der Waals surface area contributed by atoms with E-state index in [1.807, 2.05) is 29.2 Å². The number of hydrogen-bond acceptors (Lipinski definition) is 4. The molecule has 0 atom stereocenters. The molecule has 5 rings (SSSR count). The third-order valence-electron chi connectivity index (χ3n) is 6.57. The summed E-state index contributed by atoms with van der Waals surface area (Å²) in [6, 6.07) is 19.3. The first-order valence-electron chi connectivity index (χ1n) is 12.1. The topological polar surface area (TPSA) is 50.6 Å². The maximum atomic E-state index is 13.7. The van der Waals surface area contributed by atoms with Crippen LogP contribution in [-0.4, -0.2) is 53.9 Å². The summed E-state index contributed by atoms with van der Waals surface area (Å²) >= 11 is 12.4. The van der Waals surface area contributed by atoms with Gasteiger partial charge < -0.3 is 14.5 Å². The highest BCUT2D eigenvalue weighted by molar-refractivity contribution is 6.42. The zero-order valence-corrected chi connectivity index (χ0v) is 22.3. The Balaban J connectivity index is 1.42. The number of aromatic nitrogens is 2. The molecule has 0 spiro atoms. The standard InChI is InChI=1S/C28H23Cl2F3N4O2/c1-39-22-8-5-18(6-9-22)25-17-26(37(34-25)21-7-10-23(29)24(30)16-21)27(38)36-13-11-35(12-14-36)20-4-2-3-19(15-20)28(31,32)33/h2-10,15-17H,11-14H2,1H3. The molecule has 0 bridgehead atoms. The van der Waals surface area contributed by atoms with E-state index < -0.39 is 11.7 Å². The van der Waals surface area contributed by atoms with Gasteiger partial charge in [0.2, 0.25) is 0 Å². The van der Waals surface area contributed by atoms with Gasteiger partial charge in [-0.3, -0.25) is 4.79 Å². The van der Waals surface area contributed by atoms with Gasteiger partial charge in [-0.1, -0.05) is 29.3 Å². The van der Waals surface area contributed by atoms with Crippen LogP contribution in [0.2, 0.25) is 10.0 Å². The minimum Gasteiger partial charge on any atom is -0.497 e. The van der Waals surface area contributed by atoms with Crippen LogP contribution in [0.5, 0.6) is 5.75 Å². The van der Waals surface area contributed by atoms with Gasteiger partial charge in [-0.2, -0.15) is 18.3 Å². The molecule has 1 aromatic heterocycles. The number of hydrogen-bond donors (Lipinski definition) is 0. The molecule has 0 saturated carbocycles. The molecule has 39 heavy (non-hydrogen) atoms. The number of rotatable bonds is 5. The SMILES string of the molecule is COc1ccc(-c2cc(C(=O)N3CCN(c4cccc(C(F)(F)F)c4)CC3)n(-c3ccc(Cl)c(Cl)c3)n2)cc1. The molecule has 3 aromatic carbocycles. The van der Waals surface area contributed by atoms with Crippen LogP contribution in [0.15, 0.2) is 72.8 Å². The van der Waals surface area contributed by atoms with E-state index in [0.717, 1.165) is 17.7 Å². The van der Waals surface area contributed by atoms with Crippen molar-refractivity contribution in [3.8, 4) is 22.7 Å². The highest BCUT2D eigenvalue weighted by Gasteiger charge is 2.32. The van der Waals surface area contributed by atoms with Crippen molar-refractivity contribution >= 4 is 34.8 Å². The number of methoxy groups -OCH3 is 1. The third-order valence-corrected chi connectivity index (χ3v) is 7.31. The minimum absolute atomic E-state index is 0.253. The van der Waals surface area contributed by atoms with E-state index in [0.29, 0.717) is 64.7 Å². The summed E-state index contributed by atoms with van der Waals surface area (Å²) in [5.41, 5.74) is 2.03. The van der Waals surface area contributed by atoms with Crippen LogP contribution in [0.25, 0.3) is 16.9 Å². The fourth-order valence-corrected chi connectivity index (χ4v) is 4.75. The highest BCUT2D eigenvalue weighted by atomic mass is 35.5. The first kappa shape index (κ1) is 26.9. The lowest BCUT2D eigenvalue weighted by Gasteiger charge is -2.36. The molecular weight excluding hydrogens is 552 g/mol. The Morgan fingerprint density at radius 1 is 0.872 bits per heavy atom. The van der Waals surface area contributed by atoms with Crippen molar-refractivity contribution < 1.29 is 22.7 Å². The van der Waals surface area contributed by atoms with E-state index in [1.165, 1.54) is 10.7 Å². The summed E-state index contributed by atoms with van der Waals surface area (Å²) in [7, 11) is 1.58. The summed E-state index contributed by atoms with van der Waals surface area (Å²) in [5, 5.41) is 5.40. The van der Waals surface area contributed by atoms with Crippen molar-refractivity contribution in [3.63, 3.8) is 0 Å². The van der Waals surface area contributed by atoms with Gasteiger partial charge in [0.05, 0.1) is 34.1 Å². The molecule has 0 unspecified atom stereocenters. The molecule has 1 fully saturated rings. The Labute approximate surface area is 233 Å². The van der Waals surface area contributed by atoms with Crippen molar-refractivity contribution in [2.24, 2.45) is 0 Å². The van der Waals surface area contributed by atoms with Crippen LogP contribution in [0.3, 0.4) is 0 Å². The van der Waals surface area contributed by atoms with Gasteiger partial charge in [0.1, 0.15) is 11.4 Å². The Hall–Kier alpha value is -3.69. The molecule has 1 amide bonds. The number of ether oxygens (including phenoxy) is 1. The van der Waals surface area contributed by atoms with Crippen LogP contribution in [-0.2, 0) is 6.18 Å². The molecule has 0 aliphatic carbocycles. The van der Waals surface area contributed by atoms with E-state index in [9.17, 15) is 18.0 Å². The van der Waals surface area contributed by atoms with Crippen molar-refractivity contribution in [2.45, 2.75) is 6.18 Å². The Bertz CT molecular complexity index is 1500. The Morgan fingerprint density at radius 3 is 2.23 bits per heavy atom. The summed E-state index contributed by atoms with van der Waals surface area (Å²) < 4.78 is 46.3. The first-order valence-corrected chi connectivity index (χ1v) is 12.8. The number of benzene rings is 3. The molecule has 0 radical (unpaired) electrons. The van der Waals surface area contributed by atoms with E-state index >= 15 is 0 Å². The van der Waals surface area contributed by atoms with E-state index in [1.54, 1.807) is 42.3 Å². The number of nitrogens with zero attached hydrogens (tertiary/aromatic N) is 4. The fourth-order valence-electron chi connectivity index (χ4n) is 4.46. The number of carbonyl (C=O) groups excluding carboxylic acids is 1. The summed E-state index contributed by atoms with van der Waals surface area (Å²) in [6.07, 6.45) is -4.42. The minimum atomic E-state index is -4.42.